The molecular formula is C15H28N4O4S. The van der Waals surface area contributed by atoms with E-state index in [2.05, 4.69) is 0 Å². The van der Waals surface area contributed by atoms with Gasteiger partial charge >= 0.3 is 0 Å². The molecule has 1 spiro atoms. The van der Waals surface area contributed by atoms with Crippen LogP contribution in [0.2, 0.25) is 0 Å². The van der Waals surface area contributed by atoms with Crippen LogP contribution in [0.5, 0.6) is 0 Å². The molecular weight excluding hydrogens is 332 g/mol. The zero-order chi connectivity index (χ0) is 18.1. The third-order valence-corrected chi connectivity index (χ3v) is 6.28. The van der Waals surface area contributed by atoms with Crippen LogP contribution in [-0.2, 0) is 9.59 Å². The summed E-state index contributed by atoms with van der Waals surface area (Å²) >= 11 is 1.64. The number of aliphatic hydroxyl groups excluding tert-OH is 2. The van der Waals surface area contributed by atoms with Gasteiger partial charge in [0.2, 0.25) is 11.8 Å². The molecule has 0 aliphatic carbocycles. The summed E-state index contributed by atoms with van der Waals surface area (Å²) in [6.07, 6.45) is -0.332. The standard InChI is InChI=1S/C15H28N4O4S/c1-9(20)11(16)13(22)18-5-3-4-15(8-18)19(6-7-24-15)14(23)12(17)10(2)21/h9-12,20-21H,3-8,16-17H2,1-2H3/t9-,10-,11+,12+,15?/m1/s1. The molecule has 2 aliphatic heterocycles. The number of thioether (sulfide) groups is 1. The Hall–Kier alpha value is -0.870. The Morgan fingerprint density at radius 1 is 1.08 bits per heavy atom. The van der Waals surface area contributed by atoms with Gasteiger partial charge in [0, 0.05) is 18.8 Å². The van der Waals surface area contributed by atoms with Crippen molar-refractivity contribution in [2.75, 3.05) is 25.4 Å². The first-order valence-corrected chi connectivity index (χ1v) is 9.30. The molecule has 5 atom stereocenters. The fourth-order valence-corrected chi connectivity index (χ4v) is 4.78. The van der Waals surface area contributed by atoms with Crippen LogP contribution in [0.3, 0.4) is 0 Å². The van der Waals surface area contributed by atoms with E-state index in [1.807, 2.05) is 0 Å². The van der Waals surface area contributed by atoms with Gasteiger partial charge in [-0.3, -0.25) is 9.59 Å². The molecule has 0 aromatic rings. The number of hydrogen-bond acceptors (Lipinski definition) is 7. The molecule has 138 valence electrons. The molecule has 2 rings (SSSR count). The highest BCUT2D eigenvalue weighted by Gasteiger charge is 2.49. The van der Waals surface area contributed by atoms with E-state index in [0.717, 1.165) is 18.6 Å². The highest BCUT2D eigenvalue weighted by Crippen LogP contribution is 2.43. The summed E-state index contributed by atoms with van der Waals surface area (Å²) < 4.78 is 0. The number of amides is 2. The lowest BCUT2D eigenvalue weighted by Crippen LogP contribution is -2.62. The van der Waals surface area contributed by atoms with Gasteiger partial charge in [-0.2, -0.15) is 0 Å². The van der Waals surface area contributed by atoms with Crippen LogP contribution >= 0.6 is 11.8 Å². The Balaban J connectivity index is 2.16. The normalized spacial score (nSPS) is 29.4. The van der Waals surface area contributed by atoms with Crippen LogP contribution in [-0.4, -0.2) is 86.4 Å². The van der Waals surface area contributed by atoms with Gasteiger partial charge < -0.3 is 31.5 Å². The van der Waals surface area contributed by atoms with Crippen LogP contribution < -0.4 is 11.5 Å². The van der Waals surface area contributed by atoms with Crippen LogP contribution in [0.1, 0.15) is 26.7 Å². The minimum Gasteiger partial charge on any atom is -0.391 e. The molecule has 2 heterocycles. The summed E-state index contributed by atoms with van der Waals surface area (Å²) in [5.41, 5.74) is 11.6. The lowest BCUT2D eigenvalue weighted by atomic mass is 10.00. The summed E-state index contributed by atoms with van der Waals surface area (Å²) in [6, 6.07) is -1.93. The fourth-order valence-electron chi connectivity index (χ4n) is 3.25. The zero-order valence-electron chi connectivity index (χ0n) is 14.2. The molecule has 8 nitrogen and oxygen atoms in total. The van der Waals surface area contributed by atoms with Gasteiger partial charge in [-0.15, -0.1) is 11.8 Å². The van der Waals surface area contributed by atoms with Crippen molar-refractivity contribution in [2.24, 2.45) is 11.5 Å². The van der Waals surface area contributed by atoms with Gasteiger partial charge in [0.1, 0.15) is 17.0 Å². The SMILES string of the molecule is C[C@@H](O)[C@H](N)C(=O)N1CCCC2(C1)SCCN2C(=O)[C@@H](N)[C@@H](C)O. The van der Waals surface area contributed by atoms with Crippen LogP contribution in [0.15, 0.2) is 0 Å². The van der Waals surface area contributed by atoms with E-state index in [4.69, 9.17) is 11.5 Å². The number of likely N-dealkylation sites (tertiary alicyclic amines) is 1. The number of nitrogens with zero attached hydrogens (tertiary/aromatic N) is 2. The first-order valence-electron chi connectivity index (χ1n) is 8.31. The fraction of sp³-hybridized carbons (Fsp3) is 0.867. The summed E-state index contributed by atoms with van der Waals surface area (Å²) in [7, 11) is 0. The minimum absolute atomic E-state index is 0.288. The van der Waals surface area contributed by atoms with E-state index >= 15 is 0 Å². The molecule has 1 unspecified atom stereocenters. The molecule has 0 saturated carbocycles. The van der Waals surface area contributed by atoms with E-state index in [-0.39, 0.29) is 11.8 Å². The number of carbonyl (C=O) groups is 2. The molecule has 2 amide bonds. The van der Waals surface area contributed by atoms with Crippen molar-refractivity contribution < 1.29 is 19.8 Å². The summed E-state index contributed by atoms with van der Waals surface area (Å²) in [6.45, 7) is 4.47. The first kappa shape index (κ1) is 19.5. The zero-order valence-corrected chi connectivity index (χ0v) is 15.0. The van der Waals surface area contributed by atoms with Crippen molar-refractivity contribution >= 4 is 23.6 Å². The molecule has 0 radical (unpaired) electrons. The van der Waals surface area contributed by atoms with Crippen molar-refractivity contribution in [3.05, 3.63) is 0 Å². The second-order valence-corrected chi connectivity index (χ2v) is 8.14. The minimum atomic E-state index is -0.966. The second kappa shape index (κ2) is 7.57. The Kier molecular flexibility index (Phi) is 6.14. The summed E-state index contributed by atoms with van der Waals surface area (Å²) in [5, 5.41) is 19.2. The monoisotopic (exact) mass is 360 g/mol. The predicted molar refractivity (Wildman–Crippen MR) is 92.0 cm³/mol. The van der Waals surface area contributed by atoms with E-state index in [0.29, 0.717) is 19.6 Å². The van der Waals surface area contributed by atoms with Crippen LogP contribution in [0.4, 0.5) is 0 Å². The summed E-state index contributed by atoms with van der Waals surface area (Å²) in [5.74, 6) is 0.177. The molecule has 2 fully saturated rings. The first-order chi connectivity index (χ1) is 11.2. The van der Waals surface area contributed by atoms with Crippen LogP contribution in [0.25, 0.3) is 0 Å². The number of nitrogens with two attached hydrogens (primary N) is 2. The van der Waals surface area contributed by atoms with Gasteiger partial charge in [0.25, 0.3) is 0 Å². The van der Waals surface area contributed by atoms with Gasteiger partial charge in [0.05, 0.1) is 18.8 Å². The molecule has 6 N–H and O–H groups in total. The van der Waals surface area contributed by atoms with E-state index in [1.165, 1.54) is 13.8 Å². The van der Waals surface area contributed by atoms with Crippen molar-refractivity contribution in [3.8, 4) is 0 Å². The van der Waals surface area contributed by atoms with Crippen LogP contribution in [0, 0.1) is 0 Å². The Labute approximate surface area is 146 Å². The topological polar surface area (TPSA) is 133 Å². The van der Waals surface area contributed by atoms with Crippen molar-refractivity contribution in [1.82, 2.24) is 9.80 Å². The van der Waals surface area contributed by atoms with Crippen molar-refractivity contribution in [1.29, 1.82) is 0 Å². The van der Waals surface area contributed by atoms with Crippen molar-refractivity contribution in [2.45, 2.75) is 55.9 Å². The maximum atomic E-state index is 12.6. The lowest BCUT2D eigenvalue weighted by Gasteiger charge is -2.46. The third-order valence-electron chi connectivity index (χ3n) is 4.80. The highest BCUT2D eigenvalue weighted by atomic mass is 32.2. The number of aliphatic hydroxyl groups is 2. The second-order valence-electron chi connectivity index (χ2n) is 6.68. The molecule has 0 aromatic carbocycles. The molecule has 24 heavy (non-hydrogen) atoms. The largest absolute Gasteiger partial charge is 0.391 e. The number of carbonyl (C=O) groups excluding carboxylic acids is 2. The third kappa shape index (κ3) is 3.70. The smallest absolute Gasteiger partial charge is 0.243 e. The van der Waals surface area contributed by atoms with E-state index < -0.39 is 29.2 Å². The Morgan fingerprint density at radius 3 is 2.25 bits per heavy atom. The molecule has 2 aliphatic rings. The summed E-state index contributed by atoms with van der Waals surface area (Å²) in [4.78, 5) is 27.9. The maximum absolute atomic E-state index is 12.6. The number of piperidine rings is 1. The van der Waals surface area contributed by atoms with Crippen molar-refractivity contribution in [3.63, 3.8) is 0 Å². The number of rotatable bonds is 4. The Morgan fingerprint density at radius 2 is 1.67 bits per heavy atom. The molecule has 0 bridgehead atoms. The predicted octanol–water partition coefficient (Wildman–Crippen LogP) is -1.70. The number of hydrogen-bond donors (Lipinski definition) is 4. The van der Waals surface area contributed by atoms with Gasteiger partial charge in [0.15, 0.2) is 0 Å². The van der Waals surface area contributed by atoms with Gasteiger partial charge in [-0.1, -0.05) is 0 Å². The average molecular weight is 360 g/mol. The molecule has 9 heteroatoms. The Bertz CT molecular complexity index is 490. The van der Waals surface area contributed by atoms with Gasteiger partial charge in [-0.25, -0.2) is 0 Å². The van der Waals surface area contributed by atoms with E-state index in [9.17, 15) is 19.8 Å². The highest BCUT2D eigenvalue weighted by molar-refractivity contribution is 8.00. The van der Waals surface area contributed by atoms with Gasteiger partial charge in [-0.05, 0) is 26.7 Å². The maximum Gasteiger partial charge on any atom is 0.243 e. The molecule has 0 aromatic heterocycles. The van der Waals surface area contributed by atoms with E-state index in [1.54, 1.807) is 21.6 Å². The lowest BCUT2D eigenvalue weighted by molar-refractivity contribution is -0.144. The average Bonchev–Trinajstić information content (AvgIpc) is 2.94. The molecule has 2 saturated heterocycles. The quantitative estimate of drug-likeness (QED) is 0.469.